The molecule has 0 aliphatic carbocycles. The maximum absolute atomic E-state index is 12.3. The molecule has 1 amide bonds. The van der Waals surface area contributed by atoms with Crippen molar-refractivity contribution in [2.75, 3.05) is 30.3 Å². The first-order chi connectivity index (χ1) is 14.1. The topological polar surface area (TPSA) is 88.2 Å². The minimum absolute atomic E-state index is 0.134. The van der Waals surface area contributed by atoms with Crippen molar-refractivity contribution in [2.45, 2.75) is 13.8 Å². The second kappa shape index (κ2) is 10.1. The summed E-state index contributed by atoms with van der Waals surface area (Å²) in [6.07, 6.45) is 0. The van der Waals surface area contributed by atoms with Crippen molar-refractivity contribution in [2.24, 2.45) is 0 Å². The molecule has 0 saturated carbocycles. The Labute approximate surface area is 170 Å². The van der Waals surface area contributed by atoms with E-state index < -0.39 is 0 Å². The fourth-order valence-electron chi connectivity index (χ4n) is 2.70. The van der Waals surface area contributed by atoms with Gasteiger partial charge in [0.15, 0.2) is 0 Å². The summed E-state index contributed by atoms with van der Waals surface area (Å²) in [7, 11) is 0. The third kappa shape index (κ3) is 6.21. The van der Waals surface area contributed by atoms with Crippen LogP contribution in [0.2, 0.25) is 0 Å². The van der Waals surface area contributed by atoms with E-state index >= 15 is 0 Å². The number of anilines is 2. The second-order valence-electron chi connectivity index (χ2n) is 6.34. The number of benzene rings is 2. The molecule has 0 saturated heterocycles. The van der Waals surface area contributed by atoms with Gasteiger partial charge in [-0.05, 0) is 50.2 Å². The molecule has 7 heteroatoms. The number of ether oxygens (including phenoxy) is 1. The molecule has 0 radical (unpaired) electrons. The van der Waals surface area contributed by atoms with Crippen LogP contribution in [0.5, 0.6) is 11.5 Å². The average Bonchev–Trinajstić information content (AvgIpc) is 2.72. The van der Waals surface area contributed by atoms with E-state index in [1.165, 1.54) is 0 Å². The van der Waals surface area contributed by atoms with Crippen molar-refractivity contribution in [3.63, 3.8) is 0 Å². The van der Waals surface area contributed by atoms with E-state index in [9.17, 15) is 4.79 Å². The predicted molar refractivity (Wildman–Crippen MR) is 115 cm³/mol. The van der Waals surface area contributed by atoms with E-state index in [0.717, 1.165) is 23.9 Å². The summed E-state index contributed by atoms with van der Waals surface area (Å²) in [5.41, 5.74) is 0.581. The van der Waals surface area contributed by atoms with Gasteiger partial charge < -0.3 is 20.7 Å². The summed E-state index contributed by atoms with van der Waals surface area (Å²) in [5, 5.41) is 9.26. The zero-order chi connectivity index (χ0) is 20.5. The Hall–Kier alpha value is -3.61. The summed E-state index contributed by atoms with van der Waals surface area (Å²) in [4.78, 5) is 21.0. The molecule has 0 aliphatic heterocycles. The zero-order valence-electron chi connectivity index (χ0n) is 16.6. The van der Waals surface area contributed by atoms with E-state index in [1.807, 2.05) is 50.2 Å². The lowest BCUT2D eigenvalue weighted by atomic mass is 10.2. The van der Waals surface area contributed by atoms with E-state index in [0.29, 0.717) is 30.2 Å². The number of nitrogens with zero attached hydrogens (tertiary/aromatic N) is 2. The number of amides is 1. The number of carbonyl (C=O) groups is 1. The molecule has 0 unspecified atom stereocenters. The van der Waals surface area contributed by atoms with Gasteiger partial charge in [0.05, 0.1) is 0 Å². The molecule has 2 aromatic carbocycles. The fraction of sp³-hybridized carbons (Fsp3) is 0.227. The molecule has 1 aromatic heterocycles. The van der Waals surface area contributed by atoms with Gasteiger partial charge in [0, 0.05) is 31.3 Å². The third-order valence-electron chi connectivity index (χ3n) is 4.01. The van der Waals surface area contributed by atoms with Gasteiger partial charge in [0.1, 0.15) is 29.0 Å². The number of carbonyl (C=O) groups excluding carboxylic acids is 1. The molecule has 1 heterocycles. The predicted octanol–water partition coefficient (Wildman–Crippen LogP) is 3.85. The van der Waals surface area contributed by atoms with Crippen LogP contribution in [0.3, 0.4) is 0 Å². The lowest BCUT2D eigenvalue weighted by molar-refractivity contribution is 0.0955. The van der Waals surface area contributed by atoms with E-state index in [4.69, 9.17) is 4.74 Å². The highest BCUT2D eigenvalue weighted by Crippen LogP contribution is 2.21. The molecule has 3 aromatic rings. The van der Waals surface area contributed by atoms with Crippen LogP contribution in [-0.2, 0) is 0 Å². The molecular weight excluding hydrogens is 366 g/mol. The highest BCUT2D eigenvalue weighted by Gasteiger charge is 2.06. The van der Waals surface area contributed by atoms with Crippen LogP contribution in [0.4, 0.5) is 11.6 Å². The highest BCUT2D eigenvalue weighted by molar-refractivity contribution is 5.94. The Morgan fingerprint density at radius 2 is 1.55 bits per heavy atom. The quantitative estimate of drug-likeness (QED) is 0.480. The van der Waals surface area contributed by atoms with Crippen molar-refractivity contribution < 1.29 is 9.53 Å². The van der Waals surface area contributed by atoms with Crippen molar-refractivity contribution in [1.82, 2.24) is 15.3 Å². The van der Waals surface area contributed by atoms with Gasteiger partial charge in [0.25, 0.3) is 5.91 Å². The van der Waals surface area contributed by atoms with Gasteiger partial charge in [-0.1, -0.05) is 18.2 Å². The first kappa shape index (κ1) is 20.1. The molecule has 7 nitrogen and oxygen atoms in total. The lowest BCUT2D eigenvalue weighted by Crippen LogP contribution is -2.28. The van der Waals surface area contributed by atoms with Gasteiger partial charge in [-0.2, -0.15) is 0 Å². The average molecular weight is 391 g/mol. The third-order valence-corrected chi connectivity index (χ3v) is 4.01. The Morgan fingerprint density at radius 1 is 0.897 bits per heavy atom. The van der Waals surface area contributed by atoms with E-state index in [1.54, 1.807) is 24.3 Å². The summed E-state index contributed by atoms with van der Waals surface area (Å²) >= 11 is 0. The number of hydrogen-bond acceptors (Lipinski definition) is 6. The number of hydrogen-bond donors (Lipinski definition) is 3. The number of aryl methyl sites for hydroxylation is 1. The maximum atomic E-state index is 12.3. The Kier molecular flexibility index (Phi) is 7.00. The number of nitrogens with one attached hydrogen (secondary N) is 3. The van der Waals surface area contributed by atoms with Crippen molar-refractivity contribution >= 4 is 17.5 Å². The first-order valence-corrected chi connectivity index (χ1v) is 9.58. The van der Waals surface area contributed by atoms with Crippen LogP contribution >= 0.6 is 0 Å². The molecule has 29 heavy (non-hydrogen) atoms. The van der Waals surface area contributed by atoms with Gasteiger partial charge in [-0.15, -0.1) is 0 Å². The summed E-state index contributed by atoms with van der Waals surface area (Å²) in [6.45, 7) is 5.68. The van der Waals surface area contributed by atoms with Crippen LogP contribution in [0, 0.1) is 6.92 Å². The SMILES string of the molecule is CCNc1cc(NCCNC(=O)c2ccc(Oc3ccccc3)cc2)nc(C)n1. The van der Waals surface area contributed by atoms with Gasteiger partial charge >= 0.3 is 0 Å². The molecule has 0 atom stereocenters. The number of rotatable bonds is 9. The molecule has 3 rings (SSSR count). The largest absolute Gasteiger partial charge is 0.457 e. The normalized spacial score (nSPS) is 10.3. The highest BCUT2D eigenvalue weighted by atomic mass is 16.5. The molecule has 0 bridgehead atoms. The Balaban J connectivity index is 1.46. The van der Waals surface area contributed by atoms with Crippen molar-refractivity contribution in [3.05, 3.63) is 72.1 Å². The second-order valence-corrected chi connectivity index (χ2v) is 6.34. The molecule has 150 valence electrons. The number of para-hydroxylation sites is 1. The fourth-order valence-corrected chi connectivity index (χ4v) is 2.70. The smallest absolute Gasteiger partial charge is 0.251 e. The molecule has 0 aliphatic rings. The summed E-state index contributed by atoms with van der Waals surface area (Å²) in [6, 6.07) is 18.4. The van der Waals surface area contributed by atoms with Crippen molar-refractivity contribution in [1.29, 1.82) is 0 Å². The van der Waals surface area contributed by atoms with Gasteiger partial charge in [0.2, 0.25) is 0 Å². The van der Waals surface area contributed by atoms with Crippen LogP contribution in [0.1, 0.15) is 23.1 Å². The number of aromatic nitrogens is 2. The standard InChI is InChI=1S/C22H25N5O2/c1-3-23-20-15-21(27-16(2)26-20)24-13-14-25-22(28)17-9-11-19(12-10-17)29-18-7-5-4-6-8-18/h4-12,15H,3,13-14H2,1-2H3,(H,25,28)(H2,23,24,26,27). The van der Waals surface area contributed by atoms with Crippen LogP contribution < -0.4 is 20.7 Å². The molecule has 0 spiro atoms. The summed E-state index contributed by atoms with van der Waals surface area (Å²) in [5.74, 6) is 3.51. The van der Waals surface area contributed by atoms with E-state index in [2.05, 4.69) is 25.9 Å². The van der Waals surface area contributed by atoms with Crippen LogP contribution in [-0.4, -0.2) is 35.5 Å². The minimum atomic E-state index is -0.134. The zero-order valence-corrected chi connectivity index (χ0v) is 16.6. The summed E-state index contributed by atoms with van der Waals surface area (Å²) < 4.78 is 5.74. The molecular formula is C22H25N5O2. The van der Waals surface area contributed by atoms with E-state index in [-0.39, 0.29) is 5.91 Å². The van der Waals surface area contributed by atoms with Gasteiger partial charge in [-0.25, -0.2) is 9.97 Å². The Morgan fingerprint density at radius 3 is 2.24 bits per heavy atom. The Bertz CT molecular complexity index is 930. The first-order valence-electron chi connectivity index (χ1n) is 9.58. The van der Waals surface area contributed by atoms with Crippen LogP contribution in [0.15, 0.2) is 60.7 Å². The maximum Gasteiger partial charge on any atom is 0.251 e. The lowest BCUT2D eigenvalue weighted by Gasteiger charge is -2.10. The van der Waals surface area contributed by atoms with Gasteiger partial charge in [-0.3, -0.25) is 4.79 Å². The molecule has 3 N–H and O–H groups in total. The minimum Gasteiger partial charge on any atom is -0.457 e. The monoisotopic (exact) mass is 391 g/mol. The van der Waals surface area contributed by atoms with Crippen LogP contribution in [0.25, 0.3) is 0 Å². The van der Waals surface area contributed by atoms with Crippen molar-refractivity contribution in [3.8, 4) is 11.5 Å². The molecule has 0 fully saturated rings.